The zero-order chi connectivity index (χ0) is 12.8. The molecular weight excluding hydrogens is 255 g/mol. The van der Waals surface area contributed by atoms with Crippen molar-refractivity contribution in [2.24, 2.45) is 11.7 Å². The summed E-state index contributed by atoms with van der Waals surface area (Å²) in [5, 5.41) is 0. The normalized spacial score (nSPS) is 11.6. The largest absolute Gasteiger partial charge is 0.338 e. The van der Waals surface area contributed by atoms with Crippen molar-refractivity contribution < 1.29 is 9.18 Å². The third-order valence-corrected chi connectivity index (χ3v) is 2.73. The van der Waals surface area contributed by atoms with Crippen molar-refractivity contribution in [3.8, 4) is 0 Å². The highest BCUT2D eigenvalue weighted by atomic mass is 35.5. The van der Waals surface area contributed by atoms with Gasteiger partial charge < -0.3 is 10.6 Å². The summed E-state index contributed by atoms with van der Waals surface area (Å²) in [4.78, 5) is 13.6. The Morgan fingerprint density at radius 3 is 2.67 bits per heavy atom. The van der Waals surface area contributed by atoms with Gasteiger partial charge in [-0.2, -0.15) is 0 Å². The maximum Gasteiger partial charge on any atom is 0.226 e. The van der Waals surface area contributed by atoms with Crippen LogP contribution in [0.2, 0.25) is 0 Å². The Morgan fingerprint density at radius 2 is 2.17 bits per heavy atom. The van der Waals surface area contributed by atoms with Crippen LogP contribution in [0.15, 0.2) is 24.3 Å². The summed E-state index contributed by atoms with van der Waals surface area (Å²) in [7, 11) is 0. The summed E-state index contributed by atoms with van der Waals surface area (Å²) in [6.07, 6.45) is 0. The zero-order valence-corrected chi connectivity index (χ0v) is 11.5. The third kappa shape index (κ3) is 4.63. The van der Waals surface area contributed by atoms with Gasteiger partial charge in [-0.3, -0.25) is 4.79 Å². The molecule has 102 valence electrons. The Hall–Kier alpha value is -1.13. The smallest absolute Gasteiger partial charge is 0.226 e. The Labute approximate surface area is 114 Å². The highest BCUT2D eigenvalue weighted by Crippen LogP contribution is 2.10. The maximum absolute atomic E-state index is 13.0. The van der Waals surface area contributed by atoms with Crippen LogP contribution in [0, 0.1) is 11.7 Å². The molecule has 2 N–H and O–H groups in total. The fraction of sp³-hybridized carbons (Fsp3) is 0.462. The molecular formula is C13H20ClFN2O. The van der Waals surface area contributed by atoms with E-state index in [0.29, 0.717) is 19.6 Å². The molecule has 1 amide bonds. The predicted molar refractivity (Wildman–Crippen MR) is 73.0 cm³/mol. The van der Waals surface area contributed by atoms with Gasteiger partial charge in [0.25, 0.3) is 0 Å². The Kier molecular flexibility index (Phi) is 7.55. The number of hydrogen-bond donors (Lipinski definition) is 1. The zero-order valence-electron chi connectivity index (χ0n) is 10.7. The van der Waals surface area contributed by atoms with Crippen LogP contribution < -0.4 is 5.73 Å². The van der Waals surface area contributed by atoms with Gasteiger partial charge in [-0.25, -0.2) is 4.39 Å². The van der Waals surface area contributed by atoms with Crippen molar-refractivity contribution in [3.05, 3.63) is 35.6 Å². The van der Waals surface area contributed by atoms with Gasteiger partial charge in [-0.15, -0.1) is 12.4 Å². The van der Waals surface area contributed by atoms with Crippen LogP contribution in [0.25, 0.3) is 0 Å². The molecule has 0 bridgehead atoms. The summed E-state index contributed by atoms with van der Waals surface area (Å²) in [6.45, 7) is 5.06. The second kappa shape index (κ2) is 8.06. The SMILES string of the molecule is CCN(Cc1cccc(F)c1)C(=O)C(C)CN.Cl. The lowest BCUT2D eigenvalue weighted by atomic mass is 10.1. The number of nitrogens with zero attached hydrogens (tertiary/aromatic N) is 1. The molecule has 0 aliphatic rings. The van der Waals surface area contributed by atoms with E-state index in [4.69, 9.17) is 5.73 Å². The van der Waals surface area contributed by atoms with Gasteiger partial charge in [0.1, 0.15) is 5.82 Å². The lowest BCUT2D eigenvalue weighted by Crippen LogP contribution is -2.37. The minimum absolute atomic E-state index is 0. The lowest BCUT2D eigenvalue weighted by Gasteiger charge is -2.24. The molecule has 0 spiro atoms. The quantitative estimate of drug-likeness (QED) is 0.895. The van der Waals surface area contributed by atoms with Gasteiger partial charge >= 0.3 is 0 Å². The highest BCUT2D eigenvalue weighted by molar-refractivity contribution is 5.85. The number of benzene rings is 1. The average molecular weight is 275 g/mol. The van der Waals surface area contributed by atoms with Crippen LogP contribution in [0.3, 0.4) is 0 Å². The molecule has 0 aliphatic heterocycles. The van der Waals surface area contributed by atoms with Gasteiger partial charge in [0.2, 0.25) is 5.91 Å². The molecule has 1 aromatic carbocycles. The van der Waals surface area contributed by atoms with Crippen LogP contribution >= 0.6 is 12.4 Å². The first-order chi connectivity index (χ1) is 8.08. The Bertz CT molecular complexity index is 387. The first-order valence-corrected chi connectivity index (χ1v) is 5.81. The number of rotatable bonds is 5. The van der Waals surface area contributed by atoms with Gasteiger partial charge in [-0.1, -0.05) is 19.1 Å². The van der Waals surface area contributed by atoms with E-state index in [2.05, 4.69) is 0 Å². The molecule has 1 atom stereocenters. The summed E-state index contributed by atoms with van der Waals surface area (Å²) in [5.74, 6) is -0.458. The van der Waals surface area contributed by atoms with Gasteiger partial charge in [0.15, 0.2) is 0 Å². The van der Waals surface area contributed by atoms with E-state index < -0.39 is 0 Å². The van der Waals surface area contributed by atoms with Gasteiger partial charge in [0, 0.05) is 25.6 Å². The first-order valence-electron chi connectivity index (χ1n) is 5.81. The fourth-order valence-electron chi connectivity index (χ4n) is 1.61. The summed E-state index contributed by atoms with van der Waals surface area (Å²) >= 11 is 0. The highest BCUT2D eigenvalue weighted by Gasteiger charge is 2.18. The summed E-state index contributed by atoms with van der Waals surface area (Å²) in [6, 6.07) is 6.30. The third-order valence-electron chi connectivity index (χ3n) is 2.73. The van der Waals surface area contributed by atoms with Crippen molar-refractivity contribution in [1.82, 2.24) is 4.90 Å². The van der Waals surface area contributed by atoms with Gasteiger partial charge in [-0.05, 0) is 24.6 Å². The molecule has 1 rings (SSSR count). The molecule has 5 heteroatoms. The number of carbonyl (C=O) groups is 1. The predicted octanol–water partition coefficient (Wildman–Crippen LogP) is 2.19. The monoisotopic (exact) mass is 274 g/mol. The Balaban J connectivity index is 0.00000289. The molecule has 0 radical (unpaired) electrons. The van der Waals surface area contributed by atoms with Crippen LogP contribution in [-0.2, 0) is 11.3 Å². The summed E-state index contributed by atoms with van der Waals surface area (Å²) < 4.78 is 13.0. The standard InChI is InChI=1S/C13H19FN2O.ClH/c1-3-16(13(17)10(2)8-15)9-11-5-4-6-12(14)7-11;/h4-7,10H,3,8-9,15H2,1-2H3;1H. The van der Waals surface area contributed by atoms with E-state index in [-0.39, 0.29) is 30.0 Å². The van der Waals surface area contributed by atoms with E-state index in [1.807, 2.05) is 13.0 Å². The molecule has 0 saturated heterocycles. The topological polar surface area (TPSA) is 46.3 Å². The maximum atomic E-state index is 13.0. The van der Waals surface area contributed by atoms with Crippen molar-refractivity contribution >= 4 is 18.3 Å². The number of amides is 1. The average Bonchev–Trinajstić information content (AvgIpc) is 2.34. The van der Waals surface area contributed by atoms with Crippen LogP contribution in [-0.4, -0.2) is 23.9 Å². The second-order valence-electron chi connectivity index (χ2n) is 4.12. The van der Waals surface area contributed by atoms with E-state index in [1.54, 1.807) is 17.9 Å². The molecule has 0 aliphatic carbocycles. The summed E-state index contributed by atoms with van der Waals surface area (Å²) in [5.41, 5.74) is 6.27. The number of nitrogens with two attached hydrogens (primary N) is 1. The van der Waals surface area contributed by atoms with Crippen LogP contribution in [0.4, 0.5) is 4.39 Å². The molecule has 0 heterocycles. The molecule has 3 nitrogen and oxygen atoms in total. The van der Waals surface area contributed by atoms with E-state index >= 15 is 0 Å². The molecule has 0 aromatic heterocycles. The van der Waals surface area contributed by atoms with E-state index in [1.165, 1.54) is 12.1 Å². The Morgan fingerprint density at radius 1 is 1.50 bits per heavy atom. The van der Waals surface area contributed by atoms with E-state index in [9.17, 15) is 9.18 Å². The number of carbonyl (C=O) groups excluding carboxylic acids is 1. The fourth-order valence-corrected chi connectivity index (χ4v) is 1.61. The molecule has 0 fully saturated rings. The molecule has 0 saturated carbocycles. The van der Waals surface area contributed by atoms with Crippen molar-refractivity contribution in [2.75, 3.05) is 13.1 Å². The second-order valence-corrected chi connectivity index (χ2v) is 4.12. The molecule has 1 unspecified atom stereocenters. The van der Waals surface area contributed by atoms with Crippen molar-refractivity contribution in [2.45, 2.75) is 20.4 Å². The minimum Gasteiger partial charge on any atom is -0.338 e. The number of halogens is 2. The van der Waals surface area contributed by atoms with Crippen LogP contribution in [0.1, 0.15) is 19.4 Å². The van der Waals surface area contributed by atoms with Crippen molar-refractivity contribution in [1.29, 1.82) is 0 Å². The minimum atomic E-state index is -0.280. The molecule has 18 heavy (non-hydrogen) atoms. The van der Waals surface area contributed by atoms with Gasteiger partial charge in [0.05, 0.1) is 0 Å². The van der Waals surface area contributed by atoms with Crippen molar-refractivity contribution in [3.63, 3.8) is 0 Å². The molecule has 1 aromatic rings. The lowest BCUT2D eigenvalue weighted by molar-refractivity contribution is -0.135. The van der Waals surface area contributed by atoms with Crippen LogP contribution in [0.5, 0.6) is 0 Å². The van der Waals surface area contributed by atoms with E-state index in [0.717, 1.165) is 5.56 Å². The number of hydrogen-bond acceptors (Lipinski definition) is 2. The first kappa shape index (κ1) is 16.9.